The second-order valence-electron chi connectivity index (χ2n) is 4.87. The maximum Gasteiger partial charge on any atom is 0.404 e. The minimum atomic E-state index is -3.25. The molecule has 0 fully saturated rings. The van der Waals surface area contributed by atoms with Crippen molar-refractivity contribution in [2.75, 3.05) is 19.8 Å². The highest BCUT2D eigenvalue weighted by atomic mass is 32.7. The van der Waals surface area contributed by atoms with Gasteiger partial charge in [-0.1, -0.05) is 20.8 Å². The zero-order valence-electron chi connectivity index (χ0n) is 12.2. The number of hydrogen-bond donors (Lipinski definition) is 1. The first-order chi connectivity index (χ1) is 8.64. The molecule has 0 aliphatic carbocycles. The van der Waals surface area contributed by atoms with Gasteiger partial charge in [-0.3, -0.25) is 0 Å². The van der Waals surface area contributed by atoms with Crippen LogP contribution in [0.3, 0.4) is 0 Å². The van der Waals surface area contributed by atoms with Gasteiger partial charge in [0.05, 0.1) is 18.5 Å². The molecule has 1 atom stereocenters. The average molecular weight is 313 g/mol. The van der Waals surface area contributed by atoms with E-state index in [0.717, 1.165) is 11.4 Å². The minimum absolute atomic E-state index is 0.0631. The third-order valence-corrected chi connectivity index (χ3v) is 6.85. The largest absolute Gasteiger partial charge is 0.448 e. The lowest BCUT2D eigenvalue weighted by atomic mass is 9.92. The van der Waals surface area contributed by atoms with Crippen LogP contribution in [0.25, 0.3) is 0 Å². The summed E-state index contributed by atoms with van der Waals surface area (Å²) in [5.41, 5.74) is 4.72. The molecule has 19 heavy (non-hydrogen) atoms. The molecule has 0 aromatic rings. The Labute approximate surface area is 119 Å². The van der Waals surface area contributed by atoms with Gasteiger partial charge in [0.25, 0.3) is 0 Å². The fourth-order valence-corrected chi connectivity index (χ4v) is 5.82. The number of nitrogens with two attached hydrogens (primary N) is 1. The van der Waals surface area contributed by atoms with Crippen molar-refractivity contribution in [1.29, 1.82) is 0 Å². The van der Waals surface area contributed by atoms with Crippen LogP contribution in [0.1, 0.15) is 34.6 Å². The lowest BCUT2D eigenvalue weighted by Gasteiger charge is -2.31. The molecule has 0 bridgehead atoms. The molecule has 0 heterocycles. The van der Waals surface area contributed by atoms with Crippen LogP contribution in [0.15, 0.2) is 0 Å². The maximum absolute atomic E-state index is 12.5. The highest BCUT2D eigenvalue weighted by molar-refractivity contribution is 8.55. The number of ether oxygens (including phenoxy) is 1. The summed E-state index contributed by atoms with van der Waals surface area (Å²) in [7, 11) is 0. The Morgan fingerprint density at radius 2 is 1.74 bits per heavy atom. The number of carbonyl (C=O) groups is 1. The summed E-state index contributed by atoms with van der Waals surface area (Å²) in [6.45, 7) is 6.76. The predicted octanol–water partition coefficient (Wildman–Crippen LogP) is 3.41. The SMILES string of the molecule is CCOP(=O)(OCC)SC(COC(N)=O)C(C)(C)C. The molecule has 6 nitrogen and oxygen atoms in total. The van der Waals surface area contributed by atoms with Gasteiger partial charge in [0.1, 0.15) is 6.61 Å². The molecular weight excluding hydrogens is 289 g/mol. The Balaban J connectivity index is 4.85. The summed E-state index contributed by atoms with van der Waals surface area (Å²) in [6, 6.07) is 0. The van der Waals surface area contributed by atoms with Crippen molar-refractivity contribution in [1.82, 2.24) is 0 Å². The summed E-state index contributed by atoms with van der Waals surface area (Å²) in [5.74, 6) is 0. The van der Waals surface area contributed by atoms with Gasteiger partial charge in [-0.15, -0.1) is 0 Å². The Bertz CT molecular complexity index is 322. The quantitative estimate of drug-likeness (QED) is 0.691. The van der Waals surface area contributed by atoms with E-state index in [0.29, 0.717) is 0 Å². The zero-order chi connectivity index (χ0) is 15.1. The highest BCUT2D eigenvalue weighted by Gasteiger charge is 2.36. The third kappa shape index (κ3) is 7.82. The Kier molecular flexibility index (Phi) is 8.05. The molecule has 0 aromatic carbocycles. The lowest BCUT2D eigenvalue weighted by molar-refractivity contribution is 0.144. The monoisotopic (exact) mass is 313 g/mol. The Hall–Kier alpha value is -0.230. The number of amides is 1. The molecular formula is C11H24NO5PS. The van der Waals surface area contributed by atoms with Gasteiger partial charge >= 0.3 is 12.9 Å². The van der Waals surface area contributed by atoms with Gasteiger partial charge in [0, 0.05) is 0 Å². The fourth-order valence-electron chi connectivity index (χ4n) is 1.17. The first-order valence-corrected chi connectivity index (χ1v) is 9.17. The van der Waals surface area contributed by atoms with Gasteiger partial charge in [-0.05, 0) is 30.6 Å². The van der Waals surface area contributed by atoms with Crippen LogP contribution in [0.4, 0.5) is 4.79 Å². The number of rotatable bonds is 8. The Morgan fingerprint density at radius 3 is 2.05 bits per heavy atom. The first-order valence-electron chi connectivity index (χ1n) is 6.14. The average Bonchev–Trinajstić information content (AvgIpc) is 2.23. The molecule has 0 aromatic heterocycles. The van der Waals surface area contributed by atoms with Crippen molar-refractivity contribution in [3.8, 4) is 0 Å². The maximum atomic E-state index is 12.5. The minimum Gasteiger partial charge on any atom is -0.448 e. The van der Waals surface area contributed by atoms with Gasteiger partial charge in [0.2, 0.25) is 0 Å². The van der Waals surface area contributed by atoms with Crippen molar-refractivity contribution < 1.29 is 23.1 Å². The molecule has 0 aliphatic heterocycles. The normalized spacial score (nSPS) is 14.2. The smallest absolute Gasteiger partial charge is 0.404 e. The predicted molar refractivity (Wildman–Crippen MR) is 77.2 cm³/mol. The molecule has 114 valence electrons. The molecule has 0 aliphatic rings. The van der Waals surface area contributed by atoms with Crippen LogP contribution in [-0.2, 0) is 18.3 Å². The van der Waals surface area contributed by atoms with E-state index in [9.17, 15) is 9.36 Å². The fraction of sp³-hybridized carbons (Fsp3) is 0.909. The van der Waals surface area contributed by atoms with Crippen molar-refractivity contribution in [3.63, 3.8) is 0 Å². The molecule has 0 spiro atoms. The molecule has 0 saturated heterocycles. The second kappa shape index (κ2) is 8.15. The van der Waals surface area contributed by atoms with Crippen LogP contribution in [0, 0.1) is 5.41 Å². The van der Waals surface area contributed by atoms with Gasteiger partial charge in [0.15, 0.2) is 0 Å². The van der Waals surface area contributed by atoms with Crippen LogP contribution < -0.4 is 5.73 Å². The van der Waals surface area contributed by atoms with E-state index in [1.807, 2.05) is 20.8 Å². The van der Waals surface area contributed by atoms with Gasteiger partial charge in [-0.2, -0.15) is 0 Å². The van der Waals surface area contributed by atoms with Crippen molar-refractivity contribution >= 4 is 24.3 Å². The second-order valence-corrected chi connectivity index (χ2v) is 9.04. The van der Waals surface area contributed by atoms with E-state index in [-0.39, 0.29) is 30.5 Å². The number of primary amides is 1. The third-order valence-electron chi connectivity index (χ3n) is 2.17. The van der Waals surface area contributed by atoms with Crippen LogP contribution >= 0.6 is 18.2 Å². The zero-order valence-corrected chi connectivity index (χ0v) is 13.9. The Morgan fingerprint density at radius 1 is 1.26 bits per heavy atom. The lowest BCUT2D eigenvalue weighted by Crippen LogP contribution is -2.30. The first kappa shape index (κ1) is 18.8. The van der Waals surface area contributed by atoms with E-state index >= 15 is 0 Å². The van der Waals surface area contributed by atoms with Crippen molar-refractivity contribution in [2.45, 2.75) is 39.9 Å². The molecule has 1 amide bonds. The van der Waals surface area contributed by atoms with E-state index in [1.165, 1.54) is 0 Å². The molecule has 0 rings (SSSR count). The summed E-state index contributed by atoms with van der Waals surface area (Å²) < 4.78 is 27.7. The molecule has 8 heteroatoms. The summed E-state index contributed by atoms with van der Waals surface area (Å²) in [4.78, 5) is 10.7. The summed E-state index contributed by atoms with van der Waals surface area (Å²) in [6.07, 6.45) is -0.850. The van der Waals surface area contributed by atoms with E-state index in [2.05, 4.69) is 0 Å². The van der Waals surface area contributed by atoms with E-state index in [1.54, 1.807) is 13.8 Å². The van der Waals surface area contributed by atoms with Crippen molar-refractivity contribution in [3.05, 3.63) is 0 Å². The van der Waals surface area contributed by atoms with Crippen LogP contribution in [0.5, 0.6) is 0 Å². The number of hydrogen-bond acceptors (Lipinski definition) is 6. The van der Waals surface area contributed by atoms with Crippen molar-refractivity contribution in [2.24, 2.45) is 11.1 Å². The van der Waals surface area contributed by atoms with Crippen LogP contribution in [-0.4, -0.2) is 31.2 Å². The topological polar surface area (TPSA) is 87.8 Å². The standard InChI is InChI=1S/C11H24NO5PS/c1-6-16-18(14,17-7-2)19-9(11(3,4)5)8-15-10(12)13/h9H,6-8H2,1-5H3,(H2,12,13). The number of carbonyl (C=O) groups excluding carboxylic acids is 1. The van der Waals surface area contributed by atoms with E-state index in [4.69, 9.17) is 19.5 Å². The molecule has 2 N–H and O–H groups in total. The molecule has 1 unspecified atom stereocenters. The van der Waals surface area contributed by atoms with Crippen LogP contribution in [0.2, 0.25) is 0 Å². The summed E-state index contributed by atoms with van der Waals surface area (Å²) in [5, 5.41) is -0.246. The highest BCUT2D eigenvalue weighted by Crippen LogP contribution is 2.64. The summed E-state index contributed by atoms with van der Waals surface area (Å²) >= 11 is 1.07. The van der Waals surface area contributed by atoms with Gasteiger partial charge in [-0.25, -0.2) is 9.36 Å². The van der Waals surface area contributed by atoms with E-state index < -0.39 is 12.9 Å². The molecule has 0 radical (unpaired) electrons. The molecule has 0 saturated carbocycles. The van der Waals surface area contributed by atoms with Gasteiger partial charge < -0.3 is 19.5 Å².